The van der Waals surface area contributed by atoms with Crippen LogP contribution in [-0.4, -0.2) is 96.7 Å². The van der Waals surface area contributed by atoms with Gasteiger partial charge in [-0.2, -0.15) is 0 Å². The van der Waals surface area contributed by atoms with E-state index < -0.39 is 97.5 Å². The molecule has 5 atom stereocenters. The maximum Gasteiger partial charge on any atom is 0.472 e. The number of hydrogen-bond acceptors (Lipinski definition) is 15. The summed E-state index contributed by atoms with van der Waals surface area (Å²) in [6.07, 6.45) is 39.2. The molecule has 0 amide bonds. The predicted octanol–water partition coefficient (Wildman–Crippen LogP) is 17.0. The van der Waals surface area contributed by atoms with Gasteiger partial charge in [-0.25, -0.2) is 9.13 Å². The zero-order chi connectivity index (χ0) is 59.9. The van der Waals surface area contributed by atoms with E-state index in [0.29, 0.717) is 25.7 Å². The third-order valence-electron chi connectivity index (χ3n) is 14.3. The first kappa shape index (κ1) is 79.1. The molecular formula is C62H120O17P2. The summed E-state index contributed by atoms with van der Waals surface area (Å²) >= 11 is 0. The second-order valence-corrected chi connectivity index (χ2v) is 25.8. The fraction of sp³-hybridized carbons (Fsp3) is 0.935. The second-order valence-electron chi connectivity index (χ2n) is 22.9. The number of carbonyl (C=O) groups excluding carboxylic acids is 4. The molecule has 0 aromatic carbocycles. The van der Waals surface area contributed by atoms with Gasteiger partial charge in [0, 0.05) is 25.7 Å². The minimum atomic E-state index is -4.94. The lowest BCUT2D eigenvalue weighted by molar-refractivity contribution is -0.161. The van der Waals surface area contributed by atoms with Gasteiger partial charge in [-0.15, -0.1) is 0 Å². The highest BCUT2D eigenvalue weighted by atomic mass is 31.2. The summed E-state index contributed by atoms with van der Waals surface area (Å²) < 4.78 is 67.7. The van der Waals surface area contributed by atoms with Crippen molar-refractivity contribution in [2.24, 2.45) is 5.92 Å². The van der Waals surface area contributed by atoms with Crippen molar-refractivity contribution in [3.05, 3.63) is 0 Å². The Hall–Kier alpha value is -1.94. The fourth-order valence-electron chi connectivity index (χ4n) is 9.23. The summed E-state index contributed by atoms with van der Waals surface area (Å²) in [5.41, 5.74) is 0. The number of aliphatic hydroxyl groups is 1. The van der Waals surface area contributed by atoms with Crippen molar-refractivity contribution in [3.8, 4) is 0 Å². The number of esters is 4. The average molecular weight is 1200 g/mol. The molecule has 0 saturated heterocycles. The van der Waals surface area contributed by atoms with Crippen LogP contribution in [-0.2, 0) is 65.4 Å². The molecule has 2 unspecified atom stereocenters. The number of carbonyl (C=O) groups is 4. The van der Waals surface area contributed by atoms with Gasteiger partial charge in [-0.1, -0.05) is 259 Å². The second kappa shape index (κ2) is 55.9. The quantitative estimate of drug-likeness (QED) is 0.0222. The van der Waals surface area contributed by atoms with Gasteiger partial charge in [0.15, 0.2) is 12.2 Å². The SMILES string of the molecule is CCCCCCCCCCCCCCCCC(=O)O[C@H](COC(=O)CCCCCCCCCCCC(C)C)COP(=O)(O)OC[C@@H](O)COP(=O)(O)OC[C@@H](COC(=O)CCCCCCC)OC(=O)CCCCCCCCCCCC. The van der Waals surface area contributed by atoms with Crippen molar-refractivity contribution in [3.63, 3.8) is 0 Å². The zero-order valence-electron chi connectivity index (χ0n) is 51.9. The van der Waals surface area contributed by atoms with Crippen molar-refractivity contribution < 1.29 is 80.2 Å². The molecule has 19 heteroatoms. The first-order valence-electron chi connectivity index (χ1n) is 32.6. The van der Waals surface area contributed by atoms with E-state index in [1.165, 1.54) is 128 Å². The normalized spacial score (nSPS) is 14.3. The number of phosphoric ester groups is 2. The van der Waals surface area contributed by atoms with Crippen LogP contribution in [0.5, 0.6) is 0 Å². The summed E-state index contributed by atoms with van der Waals surface area (Å²) in [5, 5.41) is 10.5. The Labute approximate surface area is 492 Å². The van der Waals surface area contributed by atoms with Crippen LogP contribution in [0, 0.1) is 5.92 Å². The molecule has 0 aromatic rings. The Kier molecular flexibility index (Phi) is 54.6. The maximum absolute atomic E-state index is 13.0. The van der Waals surface area contributed by atoms with Crippen LogP contribution >= 0.6 is 15.6 Å². The molecule has 0 aliphatic carbocycles. The molecule has 0 aliphatic rings. The Balaban J connectivity index is 5.18. The minimum absolute atomic E-state index is 0.105. The first-order valence-corrected chi connectivity index (χ1v) is 35.6. The molecule has 81 heavy (non-hydrogen) atoms. The predicted molar refractivity (Wildman–Crippen MR) is 322 cm³/mol. The van der Waals surface area contributed by atoms with E-state index in [2.05, 4.69) is 34.6 Å². The highest BCUT2D eigenvalue weighted by Crippen LogP contribution is 2.45. The number of phosphoric acid groups is 2. The molecule has 0 heterocycles. The zero-order valence-corrected chi connectivity index (χ0v) is 53.7. The van der Waals surface area contributed by atoms with Crippen molar-refractivity contribution in [1.82, 2.24) is 0 Å². The summed E-state index contributed by atoms with van der Waals surface area (Å²) in [6, 6.07) is 0. The van der Waals surface area contributed by atoms with E-state index in [9.17, 15) is 43.2 Å². The topological polar surface area (TPSA) is 237 Å². The largest absolute Gasteiger partial charge is 0.472 e. The van der Waals surface area contributed by atoms with Crippen LogP contribution in [0.2, 0.25) is 0 Å². The minimum Gasteiger partial charge on any atom is -0.462 e. The van der Waals surface area contributed by atoms with Crippen LogP contribution in [0.15, 0.2) is 0 Å². The third kappa shape index (κ3) is 56.9. The highest BCUT2D eigenvalue weighted by molar-refractivity contribution is 7.47. The number of aliphatic hydroxyl groups excluding tert-OH is 1. The van der Waals surface area contributed by atoms with Crippen molar-refractivity contribution in [2.75, 3.05) is 39.6 Å². The van der Waals surface area contributed by atoms with Gasteiger partial charge in [0.1, 0.15) is 19.3 Å². The summed E-state index contributed by atoms with van der Waals surface area (Å²) in [4.78, 5) is 71.9. The number of rotatable bonds is 62. The van der Waals surface area contributed by atoms with Crippen LogP contribution in [0.3, 0.4) is 0 Å². The molecule has 0 saturated carbocycles. The van der Waals surface area contributed by atoms with Crippen LogP contribution < -0.4 is 0 Å². The monoisotopic (exact) mass is 1200 g/mol. The van der Waals surface area contributed by atoms with E-state index in [-0.39, 0.29) is 25.7 Å². The first-order chi connectivity index (χ1) is 39.0. The highest BCUT2D eigenvalue weighted by Gasteiger charge is 2.30. The van der Waals surface area contributed by atoms with Gasteiger partial charge in [-0.05, 0) is 31.6 Å². The summed E-state index contributed by atoms with van der Waals surface area (Å²) in [5.74, 6) is -1.40. The van der Waals surface area contributed by atoms with E-state index in [4.69, 9.17) is 37.0 Å². The molecule has 0 bridgehead atoms. The van der Waals surface area contributed by atoms with Gasteiger partial charge < -0.3 is 33.8 Å². The maximum atomic E-state index is 13.0. The molecule has 0 radical (unpaired) electrons. The Morgan fingerprint density at radius 3 is 0.840 bits per heavy atom. The Morgan fingerprint density at radius 2 is 0.568 bits per heavy atom. The number of hydrogen-bond donors (Lipinski definition) is 3. The van der Waals surface area contributed by atoms with Gasteiger partial charge in [0.25, 0.3) is 0 Å². The Morgan fingerprint density at radius 1 is 0.333 bits per heavy atom. The lowest BCUT2D eigenvalue weighted by Crippen LogP contribution is -2.30. The van der Waals surface area contributed by atoms with Crippen molar-refractivity contribution >= 4 is 39.5 Å². The van der Waals surface area contributed by atoms with E-state index >= 15 is 0 Å². The lowest BCUT2D eigenvalue weighted by atomic mass is 10.0. The Bertz CT molecular complexity index is 1580. The molecule has 0 aliphatic heterocycles. The molecule has 17 nitrogen and oxygen atoms in total. The van der Waals surface area contributed by atoms with Crippen molar-refractivity contribution in [2.45, 2.75) is 329 Å². The molecule has 0 spiro atoms. The van der Waals surface area contributed by atoms with E-state index in [1.54, 1.807) is 0 Å². The van der Waals surface area contributed by atoms with E-state index in [1.807, 2.05) is 0 Å². The smallest absolute Gasteiger partial charge is 0.462 e. The molecular weight excluding hydrogens is 1080 g/mol. The van der Waals surface area contributed by atoms with Crippen LogP contribution in [0.4, 0.5) is 0 Å². The molecule has 3 N–H and O–H groups in total. The van der Waals surface area contributed by atoms with Gasteiger partial charge in [0.05, 0.1) is 26.4 Å². The fourth-order valence-corrected chi connectivity index (χ4v) is 10.8. The van der Waals surface area contributed by atoms with Gasteiger partial charge >= 0.3 is 39.5 Å². The lowest BCUT2D eigenvalue weighted by Gasteiger charge is -2.21. The van der Waals surface area contributed by atoms with Crippen LogP contribution in [0.25, 0.3) is 0 Å². The molecule has 0 rings (SSSR count). The molecule has 0 aromatic heterocycles. The number of unbranched alkanes of at least 4 members (excludes halogenated alkanes) is 34. The number of ether oxygens (including phenoxy) is 4. The van der Waals surface area contributed by atoms with Crippen molar-refractivity contribution in [1.29, 1.82) is 0 Å². The summed E-state index contributed by atoms with van der Waals surface area (Å²) in [7, 11) is -9.87. The van der Waals surface area contributed by atoms with Gasteiger partial charge in [-0.3, -0.25) is 37.3 Å². The third-order valence-corrected chi connectivity index (χ3v) is 16.2. The molecule has 0 fully saturated rings. The van der Waals surface area contributed by atoms with E-state index in [0.717, 1.165) is 102 Å². The average Bonchev–Trinajstić information content (AvgIpc) is 3.43. The summed E-state index contributed by atoms with van der Waals surface area (Å²) in [6.45, 7) is 7.07. The van der Waals surface area contributed by atoms with Crippen LogP contribution in [0.1, 0.15) is 311 Å². The molecule has 480 valence electrons. The van der Waals surface area contributed by atoms with Gasteiger partial charge in [0.2, 0.25) is 0 Å². The standard InChI is InChI=1S/C62H120O17P2/c1-6-9-12-15-17-19-21-22-23-24-28-33-38-43-48-62(67)79-58(52-73-60(65)46-41-36-31-29-25-26-30-35-39-44-55(4)5)54-77-81(70,71)75-50-56(63)49-74-80(68,69)76-53-57(51-72-59(64)45-40-34-14-11-8-3)78-61(66)47-42-37-32-27-20-18-16-13-10-7-2/h55-58,63H,6-54H2,1-5H3,(H,68,69)(H,70,71)/t56-,57+,58+/m0/s1.